The van der Waals surface area contributed by atoms with Crippen LogP contribution in [0.2, 0.25) is 0 Å². The van der Waals surface area contributed by atoms with Crippen molar-refractivity contribution in [1.29, 1.82) is 0 Å². The molecule has 0 bridgehead atoms. The van der Waals surface area contributed by atoms with Gasteiger partial charge in [-0.05, 0) is 19.8 Å². The summed E-state index contributed by atoms with van der Waals surface area (Å²) in [7, 11) is 0. The maximum absolute atomic E-state index is 10.6. The Bertz CT molecular complexity index is 228. The SMILES string of the molecule is CCCCCCC1=C(C)[C@H]1C(=O)O. The van der Waals surface area contributed by atoms with E-state index < -0.39 is 5.97 Å². The van der Waals surface area contributed by atoms with Crippen LogP contribution in [0, 0.1) is 5.92 Å². The molecule has 1 atom stereocenters. The van der Waals surface area contributed by atoms with Crippen LogP contribution in [-0.2, 0) is 4.79 Å². The summed E-state index contributed by atoms with van der Waals surface area (Å²) in [5.41, 5.74) is 2.28. The minimum Gasteiger partial charge on any atom is -0.481 e. The topological polar surface area (TPSA) is 37.3 Å². The minimum atomic E-state index is -0.664. The fourth-order valence-electron chi connectivity index (χ4n) is 1.81. The molecule has 74 valence electrons. The van der Waals surface area contributed by atoms with Gasteiger partial charge in [0.25, 0.3) is 0 Å². The number of carbonyl (C=O) groups is 1. The molecule has 0 aromatic rings. The Morgan fingerprint density at radius 3 is 2.54 bits per heavy atom. The number of unbranched alkanes of at least 4 members (excludes halogenated alkanes) is 3. The standard InChI is InChI=1S/C11H18O2/c1-3-4-5-6-7-9-8(2)10(9)11(12)13/h10H,3-7H2,1-2H3,(H,12,13)/t10-/m1/s1. The smallest absolute Gasteiger partial charge is 0.314 e. The molecule has 0 saturated heterocycles. The molecule has 0 saturated carbocycles. The van der Waals surface area contributed by atoms with Gasteiger partial charge < -0.3 is 5.11 Å². The zero-order valence-corrected chi connectivity index (χ0v) is 8.47. The van der Waals surface area contributed by atoms with Crippen LogP contribution in [0.1, 0.15) is 46.0 Å². The average molecular weight is 182 g/mol. The van der Waals surface area contributed by atoms with Gasteiger partial charge in [-0.3, -0.25) is 4.79 Å². The number of carboxylic acids is 1. The lowest BCUT2D eigenvalue weighted by molar-refractivity contribution is -0.138. The molecule has 1 aliphatic rings. The summed E-state index contributed by atoms with van der Waals surface area (Å²) < 4.78 is 0. The minimum absolute atomic E-state index is 0.193. The summed E-state index contributed by atoms with van der Waals surface area (Å²) >= 11 is 0. The molecule has 1 aliphatic carbocycles. The molecule has 0 aromatic heterocycles. The molecular formula is C11H18O2. The predicted molar refractivity (Wildman–Crippen MR) is 52.6 cm³/mol. The fourth-order valence-corrected chi connectivity index (χ4v) is 1.81. The third-order valence-electron chi connectivity index (χ3n) is 2.75. The van der Waals surface area contributed by atoms with Gasteiger partial charge in [0.2, 0.25) is 0 Å². The van der Waals surface area contributed by atoms with Gasteiger partial charge in [-0.25, -0.2) is 0 Å². The van der Waals surface area contributed by atoms with Gasteiger partial charge in [-0.15, -0.1) is 0 Å². The Morgan fingerprint density at radius 1 is 1.38 bits per heavy atom. The molecule has 1 rings (SSSR count). The lowest BCUT2D eigenvalue weighted by Gasteiger charge is -1.96. The van der Waals surface area contributed by atoms with Gasteiger partial charge in [0.05, 0.1) is 5.92 Å². The molecule has 1 N–H and O–H groups in total. The molecule has 0 radical (unpaired) electrons. The second-order valence-corrected chi connectivity index (χ2v) is 3.79. The molecule has 0 unspecified atom stereocenters. The Kier molecular flexibility index (Phi) is 3.52. The van der Waals surface area contributed by atoms with Crippen molar-refractivity contribution in [2.24, 2.45) is 5.92 Å². The summed E-state index contributed by atoms with van der Waals surface area (Å²) in [5.74, 6) is -0.857. The fraction of sp³-hybridized carbons (Fsp3) is 0.727. The van der Waals surface area contributed by atoms with Crippen LogP contribution in [0.5, 0.6) is 0 Å². The first-order valence-electron chi connectivity index (χ1n) is 5.10. The number of hydrogen-bond acceptors (Lipinski definition) is 1. The van der Waals surface area contributed by atoms with Crippen LogP contribution in [0.4, 0.5) is 0 Å². The highest BCUT2D eigenvalue weighted by molar-refractivity contribution is 5.83. The normalized spacial score (nSPS) is 20.6. The monoisotopic (exact) mass is 182 g/mol. The summed E-state index contributed by atoms with van der Waals surface area (Å²) in [6, 6.07) is 0. The van der Waals surface area contributed by atoms with E-state index >= 15 is 0 Å². The van der Waals surface area contributed by atoms with Crippen molar-refractivity contribution in [3.8, 4) is 0 Å². The van der Waals surface area contributed by atoms with Crippen LogP contribution in [0.25, 0.3) is 0 Å². The molecule has 0 aromatic carbocycles. The third kappa shape index (κ3) is 2.58. The Hall–Kier alpha value is -0.790. The molecule has 13 heavy (non-hydrogen) atoms. The number of carboxylic acid groups (broad SMARTS) is 1. The molecule has 2 heteroatoms. The predicted octanol–water partition coefficient (Wildman–Crippen LogP) is 2.99. The zero-order chi connectivity index (χ0) is 9.84. The maximum Gasteiger partial charge on any atom is 0.314 e. The zero-order valence-electron chi connectivity index (χ0n) is 8.47. The van der Waals surface area contributed by atoms with Gasteiger partial charge in [0.1, 0.15) is 0 Å². The van der Waals surface area contributed by atoms with Crippen molar-refractivity contribution < 1.29 is 9.90 Å². The van der Waals surface area contributed by atoms with E-state index in [9.17, 15) is 4.79 Å². The third-order valence-corrected chi connectivity index (χ3v) is 2.75. The van der Waals surface area contributed by atoms with Crippen molar-refractivity contribution in [3.05, 3.63) is 11.1 Å². The van der Waals surface area contributed by atoms with Crippen molar-refractivity contribution in [3.63, 3.8) is 0 Å². The Balaban J connectivity index is 2.14. The van der Waals surface area contributed by atoms with E-state index in [1.807, 2.05) is 6.92 Å². The van der Waals surface area contributed by atoms with E-state index in [0.717, 1.165) is 18.4 Å². The van der Waals surface area contributed by atoms with E-state index in [1.165, 1.54) is 24.8 Å². The van der Waals surface area contributed by atoms with Crippen molar-refractivity contribution in [2.75, 3.05) is 0 Å². The first-order chi connectivity index (χ1) is 6.18. The first kappa shape index (κ1) is 10.3. The van der Waals surface area contributed by atoms with Crippen LogP contribution in [0.3, 0.4) is 0 Å². The van der Waals surface area contributed by atoms with Crippen LogP contribution in [0.15, 0.2) is 11.1 Å². The lowest BCUT2D eigenvalue weighted by Crippen LogP contribution is -2.01. The van der Waals surface area contributed by atoms with Gasteiger partial charge >= 0.3 is 5.97 Å². The lowest BCUT2D eigenvalue weighted by atomic mass is 10.1. The summed E-state index contributed by atoms with van der Waals surface area (Å²) in [6.45, 7) is 4.12. The summed E-state index contributed by atoms with van der Waals surface area (Å²) in [5, 5.41) is 8.76. The summed E-state index contributed by atoms with van der Waals surface area (Å²) in [4.78, 5) is 10.6. The molecule has 0 amide bonds. The Labute approximate surface area is 79.6 Å². The van der Waals surface area contributed by atoms with Crippen molar-refractivity contribution >= 4 is 5.97 Å². The second kappa shape index (κ2) is 4.45. The van der Waals surface area contributed by atoms with Gasteiger partial charge in [0, 0.05) is 0 Å². The number of aliphatic carboxylic acids is 1. The second-order valence-electron chi connectivity index (χ2n) is 3.79. The molecule has 0 aliphatic heterocycles. The highest BCUT2D eigenvalue weighted by Crippen LogP contribution is 2.42. The largest absolute Gasteiger partial charge is 0.481 e. The summed E-state index contributed by atoms with van der Waals surface area (Å²) in [6.07, 6.45) is 5.90. The molecule has 0 heterocycles. The van der Waals surface area contributed by atoms with Crippen molar-refractivity contribution in [1.82, 2.24) is 0 Å². The van der Waals surface area contributed by atoms with E-state index in [0.29, 0.717) is 0 Å². The molecule has 0 spiro atoms. The average Bonchev–Trinajstić information content (AvgIpc) is 2.71. The van der Waals surface area contributed by atoms with Gasteiger partial charge in [-0.1, -0.05) is 37.3 Å². The number of rotatable bonds is 6. The number of hydrogen-bond donors (Lipinski definition) is 1. The molecule has 2 nitrogen and oxygen atoms in total. The van der Waals surface area contributed by atoms with E-state index in [4.69, 9.17) is 5.11 Å². The van der Waals surface area contributed by atoms with E-state index in [1.54, 1.807) is 0 Å². The highest BCUT2D eigenvalue weighted by Gasteiger charge is 2.37. The quantitative estimate of drug-likeness (QED) is 0.506. The van der Waals surface area contributed by atoms with Crippen molar-refractivity contribution in [2.45, 2.75) is 46.0 Å². The maximum atomic E-state index is 10.6. The van der Waals surface area contributed by atoms with E-state index in [2.05, 4.69) is 6.92 Å². The molecular weight excluding hydrogens is 164 g/mol. The Morgan fingerprint density at radius 2 is 2.08 bits per heavy atom. The van der Waals surface area contributed by atoms with E-state index in [-0.39, 0.29) is 5.92 Å². The highest BCUT2D eigenvalue weighted by atomic mass is 16.4. The van der Waals surface area contributed by atoms with Crippen LogP contribution >= 0.6 is 0 Å². The van der Waals surface area contributed by atoms with Gasteiger partial charge in [0.15, 0.2) is 0 Å². The van der Waals surface area contributed by atoms with Crippen LogP contribution < -0.4 is 0 Å². The molecule has 0 fully saturated rings. The van der Waals surface area contributed by atoms with Crippen LogP contribution in [-0.4, -0.2) is 11.1 Å². The van der Waals surface area contributed by atoms with Gasteiger partial charge in [-0.2, -0.15) is 0 Å². The first-order valence-corrected chi connectivity index (χ1v) is 5.10.